The predicted octanol–water partition coefficient (Wildman–Crippen LogP) is 2.71. The topological polar surface area (TPSA) is 57.7 Å². The van der Waals surface area contributed by atoms with Crippen molar-refractivity contribution < 1.29 is 14.4 Å². The summed E-state index contributed by atoms with van der Waals surface area (Å²) < 4.78 is 0. The molecule has 0 aliphatic carbocycles. The first-order chi connectivity index (χ1) is 12.1. The SMILES string of the molecule is CCC(c1ccccc1)C1CCCN1C(=O)CCN1C(=O)CCC1=O. The third-order valence-corrected chi connectivity index (χ3v) is 5.46. The summed E-state index contributed by atoms with van der Waals surface area (Å²) in [5, 5.41) is 0. The zero-order chi connectivity index (χ0) is 17.8. The van der Waals surface area contributed by atoms with Gasteiger partial charge in [0.25, 0.3) is 0 Å². The highest BCUT2D eigenvalue weighted by Crippen LogP contribution is 2.34. The van der Waals surface area contributed by atoms with E-state index in [-0.39, 0.29) is 49.6 Å². The molecule has 0 bridgehead atoms. The summed E-state index contributed by atoms with van der Waals surface area (Å²) in [5.41, 5.74) is 1.28. The normalized spacial score (nSPS) is 21.9. The molecule has 0 N–H and O–H groups in total. The van der Waals surface area contributed by atoms with E-state index in [9.17, 15) is 14.4 Å². The molecule has 2 aliphatic rings. The monoisotopic (exact) mass is 342 g/mol. The zero-order valence-electron chi connectivity index (χ0n) is 14.8. The molecule has 5 heteroatoms. The summed E-state index contributed by atoms with van der Waals surface area (Å²) in [6.07, 6.45) is 3.82. The summed E-state index contributed by atoms with van der Waals surface area (Å²) in [6.45, 7) is 3.16. The van der Waals surface area contributed by atoms with E-state index < -0.39 is 0 Å². The molecule has 134 valence electrons. The van der Waals surface area contributed by atoms with Crippen molar-refractivity contribution in [2.45, 2.75) is 57.4 Å². The van der Waals surface area contributed by atoms with Gasteiger partial charge in [0.05, 0.1) is 0 Å². The van der Waals surface area contributed by atoms with Gasteiger partial charge in [0.2, 0.25) is 17.7 Å². The highest BCUT2D eigenvalue weighted by molar-refractivity contribution is 6.02. The Hall–Kier alpha value is -2.17. The second-order valence-electron chi connectivity index (χ2n) is 6.91. The Kier molecular flexibility index (Phi) is 5.51. The van der Waals surface area contributed by atoms with E-state index in [4.69, 9.17) is 0 Å². The number of hydrogen-bond acceptors (Lipinski definition) is 3. The van der Waals surface area contributed by atoms with Gasteiger partial charge in [-0.3, -0.25) is 19.3 Å². The van der Waals surface area contributed by atoms with Crippen LogP contribution in [0.25, 0.3) is 0 Å². The van der Waals surface area contributed by atoms with Crippen molar-refractivity contribution in [3.05, 3.63) is 35.9 Å². The van der Waals surface area contributed by atoms with Gasteiger partial charge in [0, 0.05) is 44.3 Å². The average molecular weight is 342 g/mol. The number of nitrogens with zero attached hydrogens (tertiary/aromatic N) is 2. The van der Waals surface area contributed by atoms with Crippen molar-refractivity contribution in [1.29, 1.82) is 0 Å². The number of imide groups is 1. The molecule has 3 rings (SSSR count). The Bertz CT molecular complexity index is 628. The molecule has 25 heavy (non-hydrogen) atoms. The lowest BCUT2D eigenvalue weighted by molar-refractivity contribution is -0.139. The van der Waals surface area contributed by atoms with E-state index in [1.54, 1.807) is 0 Å². The molecule has 2 heterocycles. The van der Waals surface area contributed by atoms with Gasteiger partial charge >= 0.3 is 0 Å². The van der Waals surface area contributed by atoms with Gasteiger partial charge in [-0.25, -0.2) is 0 Å². The van der Waals surface area contributed by atoms with Crippen LogP contribution in [0.15, 0.2) is 30.3 Å². The van der Waals surface area contributed by atoms with Crippen molar-refractivity contribution in [2.75, 3.05) is 13.1 Å². The number of likely N-dealkylation sites (tertiary alicyclic amines) is 2. The molecule has 0 radical (unpaired) electrons. The van der Waals surface area contributed by atoms with E-state index >= 15 is 0 Å². The van der Waals surface area contributed by atoms with Gasteiger partial charge in [-0.2, -0.15) is 0 Å². The molecule has 5 nitrogen and oxygen atoms in total. The third kappa shape index (κ3) is 3.75. The molecule has 2 unspecified atom stereocenters. The fraction of sp³-hybridized carbons (Fsp3) is 0.550. The maximum absolute atomic E-state index is 12.8. The molecular weight excluding hydrogens is 316 g/mol. The van der Waals surface area contributed by atoms with Gasteiger partial charge in [-0.05, 0) is 24.8 Å². The summed E-state index contributed by atoms with van der Waals surface area (Å²) >= 11 is 0. The van der Waals surface area contributed by atoms with E-state index in [1.165, 1.54) is 10.5 Å². The molecular formula is C20H26N2O3. The van der Waals surface area contributed by atoms with Crippen LogP contribution >= 0.6 is 0 Å². The van der Waals surface area contributed by atoms with Crippen LogP contribution in [0.2, 0.25) is 0 Å². The van der Waals surface area contributed by atoms with Crippen LogP contribution in [0.4, 0.5) is 0 Å². The minimum Gasteiger partial charge on any atom is -0.339 e. The minimum absolute atomic E-state index is 0.0596. The van der Waals surface area contributed by atoms with Crippen LogP contribution < -0.4 is 0 Å². The predicted molar refractivity (Wildman–Crippen MR) is 94.8 cm³/mol. The second kappa shape index (κ2) is 7.81. The van der Waals surface area contributed by atoms with Gasteiger partial charge in [-0.1, -0.05) is 37.3 Å². The lowest BCUT2D eigenvalue weighted by atomic mass is 9.87. The van der Waals surface area contributed by atoms with E-state index in [0.29, 0.717) is 5.92 Å². The van der Waals surface area contributed by atoms with Crippen LogP contribution in [0.3, 0.4) is 0 Å². The highest BCUT2D eigenvalue weighted by Gasteiger charge is 2.35. The summed E-state index contributed by atoms with van der Waals surface area (Å²) in [4.78, 5) is 39.4. The average Bonchev–Trinajstić information content (AvgIpc) is 3.22. The molecule has 0 spiro atoms. The summed E-state index contributed by atoms with van der Waals surface area (Å²) in [5.74, 6) is 0.102. The van der Waals surface area contributed by atoms with Crippen molar-refractivity contribution in [2.24, 2.45) is 0 Å². The maximum Gasteiger partial charge on any atom is 0.229 e. The Morgan fingerprint density at radius 2 is 1.84 bits per heavy atom. The van der Waals surface area contributed by atoms with Crippen molar-refractivity contribution >= 4 is 17.7 Å². The molecule has 2 fully saturated rings. The fourth-order valence-electron chi connectivity index (χ4n) is 4.17. The summed E-state index contributed by atoms with van der Waals surface area (Å²) in [7, 11) is 0. The van der Waals surface area contributed by atoms with E-state index in [0.717, 1.165) is 25.8 Å². The number of benzene rings is 1. The molecule has 3 amide bonds. The first-order valence-corrected chi connectivity index (χ1v) is 9.29. The first kappa shape index (κ1) is 17.6. The number of amides is 3. The Labute approximate surface area is 149 Å². The zero-order valence-corrected chi connectivity index (χ0v) is 14.8. The quantitative estimate of drug-likeness (QED) is 0.747. The molecule has 1 aromatic rings. The number of rotatable bonds is 6. The maximum atomic E-state index is 12.8. The smallest absolute Gasteiger partial charge is 0.229 e. The second-order valence-corrected chi connectivity index (χ2v) is 6.91. The third-order valence-electron chi connectivity index (χ3n) is 5.46. The molecule has 0 saturated carbocycles. The van der Waals surface area contributed by atoms with Gasteiger partial charge < -0.3 is 4.90 Å². The lowest BCUT2D eigenvalue weighted by Crippen LogP contribution is -2.41. The Morgan fingerprint density at radius 3 is 2.48 bits per heavy atom. The number of carbonyl (C=O) groups excluding carboxylic acids is 3. The van der Waals surface area contributed by atoms with Crippen molar-refractivity contribution in [3.8, 4) is 0 Å². The first-order valence-electron chi connectivity index (χ1n) is 9.29. The van der Waals surface area contributed by atoms with Crippen LogP contribution in [0.1, 0.15) is 56.9 Å². The largest absolute Gasteiger partial charge is 0.339 e. The van der Waals surface area contributed by atoms with E-state index in [2.05, 4.69) is 19.1 Å². The van der Waals surface area contributed by atoms with Gasteiger partial charge in [-0.15, -0.1) is 0 Å². The highest BCUT2D eigenvalue weighted by atomic mass is 16.2. The molecule has 1 aromatic carbocycles. The minimum atomic E-state index is -0.147. The van der Waals surface area contributed by atoms with Gasteiger partial charge in [0.1, 0.15) is 0 Å². The van der Waals surface area contributed by atoms with Crippen LogP contribution in [-0.2, 0) is 14.4 Å². The number of hydrogen-bond donors (Lipinski definition) is 0. The molecule has 2 atom stereocenters. The molecule has 2 saturated heterocycles. The standard InChI is InChI=1S/C20H26N2O3/c1-2-16(15-7-4-3-5-8-15)17-9-6-13-21(17)20(25)12-14-22-18(23)10-11-19(22)24/h3-5,7-8,16-17H,2,6,9-14H2,1H3. The Morgan fingerprint density at radius 1 is 1.16 bits per heavy atom. The Balaban J connectivity index is 1.65. The summed E-state index contributed by atoms with van der Waals surface area (Å²) in [6, 6.07) is 10.6. The van der Waals surface area contributed by atoms with E-state index in [1.807, 2.05) is 23.1 Å². The number of carbonyl (C=O) groups is 3. The fourth-order valence-corrected chi connectivity index (χ4v) is 4.17. The van der Waals surface area contributed by atoms with Crippen molar-refractivity contribution in [1.82, 2.24) is 9.80 Å². The molecule has 0 aromatic heterocycles. The van der Waals surface area contributed by atoms with Crippen LogP contribution in [-0.4, -0.2) is 46.7 Å². The van der Waals surface area contributed by atoms with Crippen LogP contribution in [0.5, 0.6) is 0 Å². The molecule has 2 aliphatic heterocycles. The van der Waals surface area contributed by atoms with Crippen molar-refractivity contribution in [3.63, 3.8) is 0 Å². The van der Waals surface area contributed by atoms with Crippen LogP contribution in [0, 0.1) is 0 Å². The van der Waals surface area contributed by atoms with Gasteiger partial charge in [0.15, 0.2) is 0 Å². The lowest BCUT2D eigenvalue weighted by Gasteiger charge is -2.32.